The molecule has 4 aromatic rings. The van der Waals surface area contributed by atoms with Crippen molar-refractivity contribution in [3.8, 4) is 5.69 Å². The highest BCUT2D eigenvalue weighted by Crippen LogP contribution is 2.25. The lowest BCUT2D eigenvalue weighted by molar-refractivity contribution is 0.574. The van der Waals surface area contributed by atoms with Crippen LogP contribution in [0.2, 0.25) is 0 Å². The number of nitrogens with zero attached hydrogens (tertiary/aromatic N) is 3. The topological polar surface area (TPSA) is 153 Å². The molecule has 0 bridgehead atoms. The summed E-state index contributed by atoms with van der Waals surface area (Å²) in [5.41, 5.74) is 22.4. The van der Waals surface area contributed by atoms with Gasteiger partial charge in [-0.15, -0.1) is 0 Å². The molecule has 4 rings (SSSR count). The molecule has 0 spiro atoms. The van der Waals surface area contributed by atoms with Crippen LogP contribution >= 0.6 is 0 Å². The molecule has 0 unspecified atom stereocenters. The van der Waals surface area contributed by atoms with E-state index >= 15 is 0 Å². The molecule has 2 aromatic carbocycles. The van der Waals surface area contributed by atoms with Crippen molar-refractivity contribution in [3.63, 3.8) is 0 Å². The summed E-state index contributed by atoms with van der Waals surface area (Å²) in [6, 6.07) is 18.8. The Kier molecular flexibility index (Phi) is 11.7. The van der Waals surface area contributed by atoms with Crippen LogP contribution in [0.5, 0.6) is 0 Å². The first-order valence-corrected chi connectivity index (χ1v) is 15.1. The van der Waals surface area contributed by atoms with Gasteiger partial charge in [-0.05, 0) is 72.7 Å². The highest BCUT2D eigenvalue weighted by molar-refractivity contribution is 5.76. The van der Waals surface area contributed by atoms with Gasteiger partial charge < -0.3 is 27.5 Å². The number of guanidine groups is 1. The fourth-order valence-corrected chi connectivity index (χ4v) is 4.50. The average Bonchev–Trinajstić information content (AvgIpc) is 3.37. The summed E-state index contributed by atoms with van der Waals surface area (Å²) in [5, 5.41) is 4.27. The number of hydrogen-bond acceptors (Lipinski definition) is 5. The molecular weight excluding hydrogens is 536 g/mol. The molecule has 2 heterocycles. The number of aliphatic imine (C=N–C) groups is 1. The average molecular weight is 587 g/mol. The molecule has 9 heteroatoms. The van der Waals surface area contributed by atoms with Crippen molar-refractivity contribution in [2.45, 2.75) is 78.2 Å². The third-order valence-corrected chi connectivity index (χ3v) is 7.13. The molecule has 232 valence electrons. The molecule has 0 aliphatic carbocycles. The van der Waals surface area contributed by atoms with Crippen LogP contribution in [0.15, 0.2) is 70.6 Å². The summed E-state index contributed by atoms with van der Waals surface area (Å²) in [5.74, 6) is 0.123. The Bertz CT molecular complexity index is 1530. The molecule has 2 aromatic heterocycles. The van der Waals surface area contributed by atoms with Gasteiger partial charge in [0, 0.05) is 35.8 Å². The first kappa shape index (κ1) is 33.6. The first-order valence-electron chi connectivity index (χ1n) is 15.1. The van der Waals surface area contributed by atoms with E-state index in [1.165, 1.54) is 11.1 Å². The van der Waals surface area contributed by atoms with E-state index in [0.717, 1.165) is 61.2 Å². The maximum atomic E-state index is 12.5. The van der Waals surface area contributed by atoms with Gasteiger partial charge in [-0.25, -0.2) is 4.79 Å². The number of nitrogens with two attached hydrogens (primary N) is 3. The number of nitrogens with one attached hydrogen (secondary N) is 2. The monoisotopic (exact) mass is 586 g/mol. The van der Waals surface area contributed by atoms with Crippen LogP contribution in [0.3, 0.4) is 0 Å². The standard InChI is InChI=1S/C21H29N7O.C13H21N/c1-21(2,3)17-11-15-13-28(20(29)27-18(15)26-17)16-7-5-14(6-8-16)12-24-9-4-10-25-19(22)23;1-13(2,3)12-8-4-6-11(10-12)7-5-9-14/h5-8,11,13,24H,4,9-10,12H2,1-3H3,(H4,22,23,25)(H,26,27,29);4,6,8,10H,5,7,9,14H2,1-3H3. The summed E-state index contributed by atoms with van der Waals surface area (Å²) in [6.45, 7) is 16.1. The minimum atomic E-state index is -0.301. The first-order chi connectivity index (χ1) is 20.3. The Balaban J connectivity index is 0.000000303. The summed E-state index contributed by atoms with van der Waals surface area (Å²) < 4.78 is 1.58. The van der Waals surface area contributed by atoms with Gasteiger partial charge in [0.2, 0.25) is 0 Å². The van der Waals surface area contributed by atoms with Crippen molar-refractivity contribution in [3.05, 3.63) is 93.7 Å². The summed E-state index contributed by atoms with van der Waals surface area (Å²) in [4.78, 5) is 23.9. The van der Waals surface area contributed by atoms with Gasteiger partial charge in [0.1, 0.15) is 5.65 Å². The van der Waals surface area contributed by atoms with Gasteiger partial charge in [0.15, 0.2) is 5.96 Å². The number of aryl methyl sites for hydroxylation is 1. The quantitative estimate of drug-likeness (QED) is 0.104. The lowest BCUT2D eigenvalue weighted by Crippen LogP contribution is -2.23. The summed E-state index contributed by atoms with van der Waals surface area (Å²) in [7, 11) is 0. The van der Waals surface area contributed by atoms with Crippen molar-refractivity contribution in [1.29, 1.82) is 0 Å². The second-order valence-corrected chi connectivity index (χ2v) is 13.0. The zero-order valence-corrected chi connectivity index (χ0v) is 26.7. The minimum Gasteiger partial charge on any atom is -0.370 e. The van der Waals surface area contributed by atoms with Crippen LogP contribution in [0.1, 0.15) is 76.8 Å². The highest BCUT2D eigenvalue weighted by atomic mass is 16.1. The van der Waals surface area contributed by atoms with Crippen molar-refractivity contribution in [2.24, 2.45) is 22.2 Å². The van der Waals surface area contributed by atoms with E-state index in [1.54, 1.807) is 4.57 Å². The van der Waals surface area contributed by atoms with E-state index in [2.05, 4.69) is 92.2 Å². The Labute approximate surface area is 256 Å². The van der Waals surface area contributed by atoms with Crippen LogP contribution < -0.4 is 28.2 Å². The maximum absolute atomic E-state index is 12.5. The molecule has 43 heavy (non-hydrogen) atoms. The van der Waals surface area contributed by atoms with E-state index in [4.69, 9.17) is 17.2 Å². The van der Waals surface area contributed by atoms with E-state index in [0.29, 0.717) is 12.2 Å². The molecule has 0 saturated carbocycles. The van der Waals surface area contributed by atoms with Crippen LogP contribution in [0.25, 0.3) is 16.7 Å². The molecule has 0 radical (unpaired) electrons. The summed E-state index contributed by atoms with van der Waals surface area (Å²) in [6.07, 6.45) is 4.88. The number of rotatable bonds is 10. The van der Waals surface area contributed by atoms with Gasteiger partial charge >= 0.3 is 5.69 Å². The highest BCUT2D eigenvalue weighted by Gasteiger charge is 2.17. The number of aromatic nitrogens is 3. The van der Waals surface area contributed by atoms with E-state index in [-0.39, 0.29) is 22.5 Å². The van der Waals surface area contributed by atoms with Gasteiger partial charge in [-0.2, -0.15) is 4.98 Å². The fourth-order valence-electron chi connectivity index (χ4n) is 4.50. The lowest BCUT2D eigenvalue weighted by Gasteiger charge is -2.19. The molecule has 0 aliphatic rings. The smallest absolute Gasteiger partial charge is 0.354 e. The van der Waals surface area contributed by atoms with Crippen molar-refractivity contribution in [2.75, 3.05) is 19.6 Å². The number of aromatic amines is 1. The van der Waals surface area contributed by atoms with E-state index in [9.17, 15) is 4.79 Å². The predicted octanol–water partition coefficient (Wildman–Crippen LogP) is 4.64. The number of benzene rings is 2. The Hall–Kier alpha value is -3.95. The molecule has 8 N–H and O–H groups in total. The third kappa shape index (κ3) is 10.4. The molecule has 0 amide bonds. The van der Waals surface area contributed by atoms with Crippen molar-refractivity contribution < 1.29 is 0 Å². The van der Waals surface area contributed by atoms with Crippen LogP contribution in [0.4, 0.5) is 0 Å². The number of fused-ring (bicyclic) bond motifs is 1. The summed E-state index contributed by atoms with van der Waals surface area (Å²) >= 11 is 0. The number of H-pyrrole nitrogens is 1. The van der Waals surface area contributed by atoms with Gasteiger partial charge in [-0.1, -0.05) is 77.9 Å². The molecule has 0 saturated heterocycles. The minimum absolute atomic E-state index is 0.0352. The third-order valence-electron chi connectivity index (χ3n) is 7.13. The molecule has 9 nitrogen and oxygen atoms in total. The van der Waals surface area contributed by atoms with E-state index in [1.807, 2.05) is 30.5 Å². The maximum Gasteiger partial charge on any atom is 0.354 e. The van der Waals surface area contributed by atoms with Crippen LogP contribution in [-0.2, 0) is 23.8 Å². The zero-order chi connectivity index (χ0) is 31.6. The van der Waals surface area contributed by atoms with Crippen molar-refractivity contribution >= 4 is 17.0 Å². The predicted molar refractivity (Wildman–Crippen MR) is 180 cm³/mol. The Morgan fingerprint density at radius 2 is 1.67 bits per heavy atom. The van der Waals surface area contributed by atoms with Gasteiger partial charge in [0.05, 0.1) is 5.69 Å². The Morgan fingerprint density at radius 3 is 2.30 bits per heavy atom. The molecule has 0 fully saturated rings. The largest absolute Gasteiger partial charge is 0.370 e. The normalized spacial score (nSPS) is 11.7. The fraction of sp³-hybridized carbons (Fsp3) is 0.441. The molecular formula is C34H50N8O. The van der Waals surface area contributed by atoms with Gasteiger partial charge in [0.25, 0.3) is 0 Å². The number of hydrogen-bond donors (Lipinski definition) is 5. The van der Waals surface area contributed by atoms with Gasteiger partial charge in [-0.3, -0.25) is 9.56 Å². The van der Waals surface area contributed by atoms with Crippen LogP contribution in [0, 0.1) is 0 Å². The SMILES string of the molecule is CC(C)(C)c1cc2cn(-c3ccc(CNCCCN=C(N)N)cc3)c(=O)nc2[nH]1.CC(C)(C)c1cccc(CCCN)c1. The van der Waals surface area contributed by atoms with Crippen LogP contribution in [-0.4, -0.2) is 40.1 Å². The Morgan fingerprint density at radius 1 is 0.953 bits per heavy atom. The van der Waals surface area contributed by atoms with Crippen molar-refractivity contribution in [1.82, 2.24) is 19.9 Å². The molecule has 0 aliphatic heterocycles. The lowest BCUT2D eigenvalue weighted by atomic mass is 9.86. The second kappa shape index (κ2) is 15.0. The molecule has 0 atom stereocenters. The van der Waals surface area contributed by atoms with E-state index < -0.39 is 0 Å². The zero-order valence-electron chi connectivity index (χ0n) is 26.7. The second-order valence-electron chi connectivity index (χ2n) is 13.0.